The maximum atomic E-state index is 12.2. The summed E-state index contributed by atoms with van der Waals surface area (Å²) >= 11 is 0. The molecule has 0 saturated heterocycles. The van der Waals surface area contributed by atoms with E-state index in [4.69, 9.17) is 28.8 Å². The Kier molecular flexibility index (Phi) is 51.9. The Hall–Kier alpha value is -0.810. The van der Waals surface area contributed by atoms with Gasteiger partial charge in [-0.25, -0.2) is 0 Å². The first-order valence-corrected chi connectivity index (χ1v) is 25.2. The predicted molar refractivity (Wildman–Crippen MR) is 250 cm³/mol. The summed E-state index contributed by atoms with van der Waals surface area (Å²) in [6.07, 6.45) is 47.2. The number of carbonyl (C=O) groups excluding carboxylic acids is 1. The van der Waals surface area contributed by atoms with Crippen LogP contribution in [0.2, 0.25) is 0 Å². The Balaban J connectivity index is 0. The van der Waals surface area contributed by atoms with Gasteiger partial charge in [-0.05, 0) is 77.0 Å². The number of carbonyl (C=O) groups is 1. The summed E-state index contributed by atoms with van der Waals surface area (Å²) in [5.41, 5.74) is 0. The maximum absolute atomic E-state index is 12.2. The van der Waals surface area contributed by atoms with Crippen molar-refractivity contribution >= 4 is 5.97 Å². The van der Waals surface area contributed by atoms with Crippen LogP contribution in [0.1, 0.15) is 206 Å². The lowest BCUT2D eigenvalue weighted by Crippen LogP contribution is -3.00. The van der Waals surface area contributed by atoms with E-state index in [9.17, 15) is 4.79 Å². The molecule has 1 unspecified atom stereocenters. The van der Waals surface area contributed by atoms with Crippen molar-refractivity contribution in [3.05, 3.63) is 24.3 Å². The number of ether oxygens (including phenoxy) is 5. The summed E-state index contributed by atoms with van der Waals surface area (Å²) in [7, 11) is 4.54. The van der Waals surface area contributed by atoms with E-state index >= 15 is 0 Å². The van der Waals surface area contributed by atoms with Crippen LogP contribution in [0, 0.1) is 0 Å². The van der Waals surface area contributed by atoms with Crippen LogP contribution < -0.4 is 17.0 Å². The highest BCUT2D eigenvalue weighted by Crippen LogP contribution is 2.14. The van der Waals surface area contributed by atoms with Gasteiger partial charge in [0, 0.05) is 19.6 Å². The van der Waals surface area contributed by atoms with Crippen molar-refractivity contribution in [2.45, 2.75) is 213 Å². The van der Waals surface area contributed by atoms with E-state index in [0.717, 1.165) is 56.5 Å². The Bertz CT molecular complexity index is 903. The van der Waals surface area contributed by atoms with Crippen LogP contribution in [0.25, 0.3) is 0 Å². The molecule has 0 aliphatic rings. The van der Waals surface area contributed by atoms with Crippen molar-refractivity contribution in [2.75, 3.05) is 86.6 Å². The molecule has 0 spiro atoms. The van der Waals surface area contributed by atoms with Crippen molar-refractivity contribution in [2.24, 2.45) is 0 Å². The molecule has 0 saturated carbocycles. The van der Waals surface area contributed by atoms with Gasteiger partial charge in [-0.1, -0.05) is 147 Å². The molecule has 0 bridgehead atoms. The first kappa shape index (κ1) is 61.3. The van der Waals surface area contributed by atoms with Gasteiger partial charge in [0.2, 0.25) is 0 Å². The third-order valence-electron chi connectivity index (χ3n) is 11.1. The van der Waals surface area contributed by atoms with Crippen LogP contribution in [0.3, 0.4) is 0 Å². The fraction of sp³-hybridized carbons (Fsp3) is 0.902. The number of hydrogen-bond donors (Lipinski definition) is 1. The van der Waals surface area contributed by atoms with E-state index in [1.807, 2.05) is 0 Å². The van der Waals surface area contributed by atoms with E-state index in [0.29, 0.717) is 39.5 Å². The first-order chi connectivity index (χ1) is 28.9. The third-order valence-corrected chi connectivity index (χ3v) is 11.1. The zero-order valence-electron chi connectivity index (χ0n) is 40.1. The molecule has 1 atom stereocenters. The van der Waals surface area contributed by atoms with E-state index in [1.165, 1.54) is 161 Å². The Morgan fingerprint density at radius 1 is 0.500 bits per heavy atom. The summed E-state index contributed by atoms with van der Waals surface area (Å²) in [4.78, 5) is 12.2. The molecule has 0 aromatic heterocycles. The second-order valence-corrected chi connectivity index (χ2v) is 17.6. The smallest absolute Gasteiger partial charge is 0.305 e. The van der Waals surface area contributed by atoms with Crippen LogP contribution in [-0.2, 0) is 28.5 Å². The summed E-state index contributed by atoms with van der Waals surface area (Å²) in [5.74, 6) is -0.170. The molecule has 1 N–H and O–H groups in total. The fourth-order valence-corrected chi connectivity index (χ4v) is 7.37. The van der Waals surface area contributed by atoms with Gasteiger partial charge in [-0.2, -0.15) is 0 Å². The monoisotopic (exact) mass is 918 g/mol. The summed E-state index contributed by atoms with van der Waals surface area (Å²) in [6, 6.07) is 0. The minimum atomic E-state index is -0.170. The van der Waals surface area contributed by atoms with Crippen molar-refractivity contribution in [1.82, 2.24) is 0 Å². The molecule has 0 amide bonds. The second-order valence-electron chi connectivity index (χ2n) is 17.6. The van der Waals surface area contributed by atoms with Gasteiger partial charge in [0.25, 0.3) is 0 Å². The van der Waals surface area contributed by atoms with Crippen molar-refractivity contribution in [1.29, 1.82) is 0 Å². The molecule has 60 heavy (non-hydrogen) atoms. The minimum Gasteiger partial charge on any atom is -1.00 e. The van der Waals surface area contributed by atoms with Crippen LogP contribution in [-0.4, -0.2) is 108 Å². The summed E-state index contributed by atoms with van der Waals surface area (Å²) in [6.45, 7) is 10.5. The normalized spacial score (nSPS) is 12.5. The summed E-state index contributed by atoms with van der Waals surface area (Å²) < 4.78 is 29.5. The third kappa shape index (κ3) is 49.8. The lowest BCUT2D eigenvalue weighted by Gasteiger charge is -2.33. The molecule has 0 rings (SSSR count). The lowest BCUT2D eigenvalue weighted by molar-refractivity contribution is -0.893. The first-order valence-electron chi connectivity index (χ1n) is 25.2. The number of nitrogens with zero attached hydrogens (tertiary/aromatic N) is 1. The number of allylic oxidation sites excluding steroid dienone is 4. The van der Waals surface area contributed by atoms with Crippen LogP contribution in [0.4, 0.5) is 0 Å². The standard InChI is InChI=1S/C51H100NO7.BrH/c1-5-7-9-11-13-15-17-19-21-23-25-27-29-31-33-37-42-58-50(49-57-41-36-32-30-28-26-24-22-20-18-16-14-12-10-8-6-2)48-52(3,4)39-35-34-38-51(54)59-47-46-56-45-44-55-43-40-53;/h18-21,50,53H,5-17,22-49H2,1-4H3;1H/q+1;/p-1/b20-18-,21-19-;. The Labute approximate surface area is 383 Å². The van der Waals surface area contributed by atoms with Gasteiger partial charge in [0.1, 0.15) is 19.3 Å². The van der Waals surface area contributed by atoms with Crippen molar-refractivity contribution in [3.63, 3.8) is 0 Å². The number of hydrogen-bond acceptors (Lipinski definition) is 7. The predicted octanol–water partition coefficient (Wildman–Crippen LogP) is 9.89. The van der Waals surface area contributed by atoms with E-state index in [2.05, 4.69) is 52.2 Å². The fourth-order valence-electron chi connectivity index (χ4n) is 7.37. The van der Waals surface area contributed by atoms with E-state index < -0.39 is 0 Å². The molecular weight excluding hydrogens is 818 g/mol. The number of halogens is 1. The highest BCUT2D eigenvalue weighted by molar-refractivity contribution is 5.69. The summed E-state index contributed by atoms with van der Waals surface area (Å²) in [5, 5.41) is 8.73. The molecule has 0 radical (unpaired) electrons. The zero-order chi connectivity index (χ0) is 43.0. The number of unbranched alkanes of at least 4 members (excludes halogenated alkanes) is 24. The number of esters is 1. The minimum absolute atomic E-state index is 0. The van der Waals surface area contributed by atoms with Gasteiger partial charge < -0.3 is 50.3 Å². The maximum Gasteiger partial charge on any atom is 0.305 e. The molecule has 8 nitrogen and oxygen atoms in total. The van der Waals surface area contributed by atoms with E-state index in [1.54, 1.807) is 0 Å². The number of aliphatic hydroxyl groups excluding tert-OH is 1. The highest BCUT2D eigenvalue weighted by atomic mass is 79.9. The Morgan fingerprint density at radius 2 is 0.933 bits per heavy atom. The van der Waals surface area contributed by atoms with Gasteiger partial charge in [0.15, 0.2) is 0 Å². The molecule has 0 aromatic rings. The Morgan fingerprint density at radius 3 is 1.43 bits per heavy atom. The quantitative estimate of drug-likeness (QED) is 0.0282. The van der Waals surface area contributed by atoms with Gasteiger partial charge in [-0.15, -0.1) is 0 Å². The SMILES string of the molecule is CCCCCCC/C=C\CCCCCCCCOCC(C[N+](C)(C)CCCCC(=O)OCCOCCOCCO)OCCCCCCCC/C=C\CCCCCCCC.[Br-]. The van der Waals surface area contributed by atoms with Gasteiger partial charge in [-0.3, -0.25) is 4.79 Å². The number of aliphatic hydroxyl groups is 1. The average molecular weight is 919 g/mol. The molecule has 358 valence electrons. The molecule has 9 heteroatoms. The number of rotatable bonds is 49. The number of likely N-dealkylation sites (N-methyl/N-ethyl adjacent to an activating group) is 1. The van der Waals surface area contributed by atoms with Gasteiger partial charge >= 0.3 is 5.97 Å². The van der Waals surface area contributed by atoms with Crippen molar-refractivity contribution < 1.29 is 55.0 Å². The van der Waals surface area contributed by atoms with Crippen LogP contribution >= 0.6 is 0 Å². The van der Waals surface area contributed by atoms with Crippen LogP contribution in [0.5, 0.6) is 0 Å². The molecular formula is C51H100BrNO7. The average Bonchev–Trinajstić information content (AvgIpc) is 3.22. The lowest BCUT2D eigenvalue weighted by atomic mass is 10.1. The highest BCUT2D eigenvalue weighted by Gasteiger charge is 2.23. The van der Waals surface area contributed by atoms with Gasteiger partial charge in [0.05, 0.1) is 60.3 Å². The molecule has 0 aliphatic heterocycles. The second kappa shape index (κ2) is 50.8. The topological polar surface area (TPSA) is 83.5 Å². The number of quaternary nitrogens is 1. The molecule has 0 heterocycles. The van der Waals surface area contributed by atoms with Crippen LogP contribution in [0.15, 0.2) is 24.3 Å². The molecule has 0 aliphatic carbocycles. The molecule has 0 fully saturated rings. The zero-order valence-corrected chi connectivity index (χ0v) is 41.7. The largest absolute Gasteiger partial charge is 1.00 e. The van der Waals surface area contributed by atoms with E-state index in [-0.39, 0.29) is 42.3 Å². The van der Waals surface area contributed by atoms with Crippen molar-refractivity contribution in [3.8, 4) is 0 Å². The molecule has 0 aromatic carbocycles.